The Morgan fingerprint density at radius 1 is 1.56 bits per heavy atom. The van der Waals surface area contributed by atoms with Crippen LogP contribution in [0.25, 0.3) is 0 Å². The molecule has 0 saturated carbocycles. The highest BCUT2D eigenvalue weighted by molar-refractivity contribution is 9.10. The SMILES string of the molecule is CCNc1nc(C)cn1Cc1cc(Br)cs1. The van der Waals surface area contributed by atoms with E-state index < -0.39 is 0 Å². The quantitative estimate of drug-likeness (QED) is 0.936. The molecule has 2 aromatic heterocycles. The van der Waals surface area contributed by atoms with Gasteiger partial charge in [0.1, 0.15) is 0 Å². The monoisotopic (exact) mass is 299 g/mol. The summed E-state index contributed by atoms with van der Waals surface area (Å²) in [6.07, 6.45) is 2.08. The Labute approximate surface area is 108 Å². The summed E-state index contributed by atoms with van der Waals surface area (Å²) in [6.45, 7) is 5.86. The number of nitrogens with one attached hydrogen (secondary N) is 1. The Balaban J connectivity index is 2.19. The molecule has 3 nitrogen and oxygen atoms in total. The minimum atomic E-state index is 0.874. The predicted molar refractivity (Wildman–Crippen MR) is 72.2 cm³/mol. The molecule has 5 heteroatoms. The standard InChI is InChI=1S/C11H14BrN3S/c1-3-13-11-14-8(2)5-15(11)6-10-4-9(12)7-16-10/h4-5,7H,3,6H2,1-2H3,(H,13,14). The molecular weight excluding hydrogens is 286 g/mol. The van der Waals surface area contributed by atoms with Crippen LogP contribution in [0.15, 0.2) is 22.1 Å². The third kappa shape index (κ3) is 2.65. The number of hydrogen-bond acceptors (Lipinski definition) is 3. The summed E-state index contributed by atoms with van der Waals surface area (Å²) >= 11 is 5.23. The minimum Gasteiger partial charge on any atom is -0.356 e. The van der Waals surface area contributed by atoms with Gasteiger partial charge in [-0.2, -0.15) is 0 Å². The number of aromatic nitrogens is 2. The number of thiophene rings is 1. The van der Waals surface area contributed by atoms with Crippen LogP contribution in [0.2, 0.25) is 0 Å². The molecular formula is C11H14BrN3S. The van der Waals surface area contributed by atoms with E-state index in [1.165, 1.54) is 4.88 Å². The van der Waals surface area contributed by atoms with Crippen molar-refractivity contribution < 1.29 is 0 Å². The molecule has 16 heavy (non-hydrogen) atoms. The fourth-order valence-electron chi connectivity index (χ4n) is 1.57. The Morgan fingerprint density at radius 3 is 3.00 bits per heavy atom. The van der Waals surface area contributed by atoms with Gasteiger partial charge >= 0.3 is 0 Å². The van der Waals surface area contributed by atoms with Gasteiger partial charge in [0.25, 0.3) is 0 Å². The summed E-state index contributed by atoms with van der Waals surface area (Å²) in [6, 6.07) is 2.15. The molecule has 0 aliphatic heterocycles. The van der Waals surface area contributed by atoms with Crippen LogP contribution in [0.4, 0.5) is 5.95 Å². The van der Waals surface area contributed by atoms with Crippen LogP contribution in [0.1, 0.15) is 17.5 Å². The van der Waals surface area contributed by atoms with Crippen LogP contribution in [-0.2, 0) is 6.54 Å². The molecule has 0 saturated heterocycles. The van der Waals surface area contributed by atoms with E-state index >= 15 is 0 Å². The summed E-state index contributed by atoms with van der Waals surface area (Å²) < 4.78 is 3.30. The highest BCUT2D eigenvalue weighted by atomic mass is 79.9. The maximum Gasteiger partial charge on any atom is 0.203 e. The van der Waals surface area contributed by atoms with Crippen LogP contribution in [0.3, 0.4) is 0 Å². The number of hydrogen-bond donors (Lipinski definition) is 1. The number of nitrogens with zero attached hydrogens (tertiary/aromatic N) is 2. The lowest BCUT2D eigenvalue weighted by Crippen LogP contribution is -2.06. The maximum atomic E-state index is 4.45. The average molecular weight is 300 g/mol. The van der Waals surface area contributed by atoms with Gasteiger partial charge in [0.2, 0.25) is 5.95 Å². The van der Waals surface area contributed by atoms with Crippen molar-refractivity contribution in [2.45, 2.75) is 20.4 Å². The van der Waals surface area contributed by atoms with Gasteiger partial charge in [0.05, 0.1) is 12.2 Å². The van der Waals surface area contributed by atoms with Crippen LogP contribution in [0.5, 0.6) is 0 Å². The van der Waals surface area contributed by atoms with Gasteiger partial charge in [-0.25, -0.2) is 4.98 Å². The van der Waals surface area contributed by atoms with Crippen molar-refractivity contribution in [1.82, 2.24) is 9.55 Å². The van der Waals surface area contributed by atoms with Crippen molar-refractivity contribution in [2.24, 2.45) is 0 Å². The second-order valence-electron chi connectivity index (χ2n) is 3.60. The first-order valence-electron chi connectivity index (χ1n) is 5.19. The first kappa shape index (κ1) is 11.7. The molecule has 0 atom stereocenters. The molecule has 0 radical (unpaired) electrons. The highest BCUT2D eigenvalue weighted by Crippen LogP contribution is 2.22. The van der Waals surface area contributed by atoms with E-state index in [0.29, 0.717) is 0 Å². The minimum absolute atomic E-state index is 0.874. The molecule has 86 valence electrons. The third-order valence-electron chi connectivity index (χ3n) is 2.18. The second-order valence-corrected chi connectivity index (χ2v) is 5.51. The molecule has 0 aliphatic carbocycles. The molecule has 0 fully saturated rings. The van der Waals surface area contributed by atoms with Crippen molar-refractivity contribution >= 4 is 33.2 Å². The zero-order valence-corrected chi connectivity index (χ0v) is 11.7. The number of aryl methyl sites for hydroxylation is 1. The van der Waals surface area contributed by atoms with Crippen molar-refractivity contribution in [1.29, 1.82) is 0 Å². The molecule has 0 unspecified atom stereocenters. The third-order valence-corrected chi connectivity index (χ3v) is 3.86. The van der Waals surface area contributed by atoms with E-state index in [1.54, 1.807) is 11.3 Å². The van der Waals surface area contributed by atoms with Gasteiger partial charge in [-0.3, -0.25) is 0 Å². The largest absolute Gasteiger partial charge is 0.356 e. The molecule has 0 aliphatic rings. The van der Waals surface area contributed by atoms with E-state index in [1.807, 2.05) is 6.92 Å². The lowest BCUT2D eigenvalue weighted by molar-refractivity contribution is 0.811. The molecule has 0 bridgehead atoms. The first-order chi connectivity index (χ1) is 7.69. The molecule has 0 amide bonds. The van der Waals surface area contributed by atoms with Crippen molar-refractivity contribution in [3.63, 3.8) is 0 Å². The van der Waals surface area contributed by atoms with Crippen molar-refractivity contribution in [3.05, 3.63) is 32.7 Å². The van der Waals surface area contributed by atoms with Crippen LogP contribution >= 0.6 is 27.3 Å². The Hall–Kier alpha value is -0.810. The molecule has 0 aromatic carbocycles. The molecule has 0 spiro atoms. The van der Waals surface area contributed by atoms with E-state index in [4.69, 9.17) is 0 Å². The summed E-state index contributed by atoms with van der Waals surface area (Å²) in [7, 11) is 0. The second kappa shape index (κ2) is 5.01. The van der Waals surface area contributed by atoms with Gasteiger partial charge in [0.15, 0.2) is 0 Å². The van der Waals surface area contributed by atoms with Crippen LogP contribution < -0.4 is 5.32 Å². The van der Waals surface area contributed by atoms with E-state index in [0.717, 1.165) is 29.2 Å². The molecule has 2 aromatic rings. The Morgan fingerprint density at radius 2 is 2.38 bits per heavy atom. The lowest BCUT2D eigenvalue weighted by atomic mass is 10.4. The maximum absolute atomic E-state index is 4.45. The van der Waals surface area contributed by atoms with Gasteiger partial charge < -0.3 is 9.88 Å². The van der Waals surface area contributed by atoms with Crippen molar-refractivity contribution in [2.75, 3.05) is 11.9 Å². The smallest absolute Gasteiger partial charge is 0.203 e. The molecule has 2 rings (SSSR count). The zero-order valence-electron chi connectivity index (χ0n) is 9.33. The molecule has 1 N–H and O–H groups in total. The zero-order chi connectivity index (χ0) is 11.5. The normalized spacial score (nSPS) is 10.7. The van der Waals surface area contributed by atoms with Gasteiger partial charge in [-0.1, -0.05) is 0 Å². The fraction of sp³-hybridized carbons (Fsp3) is 0.364. The van der Waals surface area contributed by atoms with E-state index in [2.05, 4.69) is 55.4 Å². The van der Waals surface area contributed by atoms with E-state index in [9.17, 15) is 0 Å². The van der Waals surface area contributed by atoms with Gasteiger partial charge in [0, 0.05) is 27.5 Å². The summed E-state index contributed by atoms with van der Waals surface area (Å²) in [4.78, 5) is 5.77. The summed E-state index contributed by atoms with van der Waals surface area (Å²) in [5.74, 6) is 0.949. The average Bonchev–Trinajstić information content (AvgIpc) is 2.76. The topological polar surface area (TPSA) is 29.9 Å². The predicted octanol–water partition coefficient (Wildman–Crippen LogP) is 3.50. The van der Waals surface area contributed by atoms with Gasteiger partial charge in [-0.15, -0.1) is 11.3 Å². The van der Waals surface area contributed by atoms with Crippen LogP contribution in [-0.4, -0.2) is 16.1 Å². The van der Waals surface area contributed by atoms with Crippen LogP contribution in [0, 0.1) is 6.92 Å². The number of halogens is 1. The van der Waals surface area contributed by atoms with Crippen molar-refractivity contribution in [3.8, 4) is 0 Å². The number of anilines is 1. The first-order valence-corrected chi connectivity index (χ1v) is 6.87. The number of imidazole rings is 1. The highest BCUT2D eigenvalue weighted by Gasteiger charge is 2.06. The Kier molecular flexibility index (Phi) is 3.66. The fourth-order valence-corrected chi connectivity index (χ4v) is 3.02. The van der Waals surface area contributed by atoms with Gasteiger partial charge in [-0.05, 0) is 35.8 Å². The number of rotatable bonds is 4. The Bertz CT molecular complexity index is 475. The summed E-state index contributed by atoms with van der Waals surface area (Å²) in [5, 5.41) is 5.37. The van der Waals surface area contributed by atoms with E-state index in [-0.39, 0.29) is 0 Å². The lowest BCUT2D eigenvalue weighted by Gasteiger charge is -2.06. The summed E-state index contributed by atoms with van der Waals surface area (Å²) in [5.41, 5.74) is 1.05. The molecule has 2 heterocycles.